The van der Waals surface area contributed by atoms with E-state index in [-0.39, 0.29) is 0 Å². The summed E-state index contributed by atoms with van der Waals surface area (Å²) in [7, 11) is 2.33. The van der Waals surface area contributed by atoms with Gasteiger partial charge in [-0.25, -0.2) is 0 Å². The molecule has 2 heteroatoms. The second kappa shape index (κ2) is 31.4. The zero-order chi connectivity index (χ0) is 30.9. The van der Waals surface area contributed by atoms with Crippen molar-refractivity contribution in [3.8, 4) is 0 Å². The van der Waals surface area contributed by atoms with Gasteiger partial charge < -0.3 is 10.2 Å². The molecular formula is C41H80N2. The molecule has 1 heterocycles. The van der Waals surface area contributed by atoms with Crippen LogP contribution in [0, 0.1) is 0 Å². The molecule has 0 radical (unpaired) electrons. The fourth-order valence-electron chi connectivity index (χ4n) is 7.05. The molecule has 0 saturated carbocycles. The van der Waals surface area contributed by atoms with Gasteiger partial charge in [0.05, 0.1) is 0 Å². The molecular weight excluding hydrogens is 520 g/mol. The second-order valence-corrected chi connectivity index (χ2v) is 14.3. The van der Waals surface area contributed by atoms with Crippen molar-refractivity contribution in [2.45, 2.75) is 212 Å². The summed E-state index contributed by atoms with van der Waals surface area (Å²) >= 11 is 0. The summed E-state index contributed by atoms with van der Waals surface area (Å²) < 4.78 is 0. The SMILES string of the molecule is CCCCCCCC/C=C\CCCCCCCCC1(CCCCCCCC/C=C\CCCCCCCC)CN(C)CCN1. The molecule has 1 saturated heterocycles. The van der Waals surface area contributed by atoms with E-state index in [1.54, 1.807) is 0 Å². The summed E-state index contributed by atoms with van der Waals surface area (Å²) in [5, 5.41) is 4.01. The van der Waals surface area contributed by atoms with Crippen LogP contribution in [0.3, 0.4) is 0 Å². The van der Waals surface area contributed by atoms with Gasteiger partial charge in [-0.3, -0.25) is 0 Å². The molecule has 0 aromatic heterocycles. The molecule has 0 amide bonds. The number of hydrogen-bond donors (Lipinski definition) is 1. The fraction of sp³-hybridized carbons (Fsp3) is 0.902. The van der Waals surface area contributed by atoms with Crippen LogP contribution in [-0.4, -0.2) is 37.1 Å². The largest absolute Gasteiger partial charge is 0.309 e. The quantitative estimate of drug-likeness (QED) is 0.0610. The third-order valence-electron chi connectivity index (χ3n) is 9.90. The first-order valence-electron chi connectivity index (χ1n) is 20.0. The molecule has 2 nitrogen and oxygen atoms in total. The smallest absolute Gasteiger partial charge is 0.0309 e. The van der Waals surface area contributed by atoms with Gasteiger partial charge in [0.15, 0.2) is 0 Å². The minimum atomic E-state index is 0.384. The number of likely N-dealkylation sites (N-methyl/N-ethyl adjacent to an activating group) is 1. The van der Waals surface area contributed by atoms with Gasteiger partial charge in [-0.15, -0.1) is 0 Å². The van der Waals surface area contributed by atoms with E-state index in [0.717, 1.165) is 0 Å². The number of piperazine rings is 1. The van der Waals surface area contributed by atoms with Crippen LogP contribution in [0.15, 0.2) is 24.3 Å². The van der Waals surface area contributed by atoms with Crippen molar-refractivity contribution in [1.82, 2.24) is 10.2 Å². The molecule has 1 rings (SSSR count). The van der Waals surface area contributed by atoms with Gasteiger partial charge in [0.2, 0.25) is 0 Å². The lowest BCUT2D eigenvalue weighted by molar-refractivity contribution is 0.132. The molecule has 1 aliphatic rings. The molecule has 43 heavy (non-hydrogen) atoms. The van der Waals surface area contributed by atoms with E-state index in [1.165, 1.54) is 212 Å². The number of hydrogen-bond acceptors (Lipinski definition) is 2. The van der Waals surface area contributed by atoms with Crippen molar-refractivity contribution in [3.63, 3.8) is 0 Å². The number of nitrogens with zero attached hydrogens (tertiary/aromatic N) is 1. The maximum absolute atomic E-state index is 4.01. The Balaban J connectivity index is 2.01. The van der Waals surface area contributed by atoms with Crippen LogP contribution < -0.4 is 5.32 Å². The van der Waals surface area contributed by atoms with Crippen molar-refractivity contribution >= 4 is 0 Å². The minimum absolute atomic E-state index is 0.384. The van der Waals surface area contributed by atoms with Crippen LogP contribution in [0.25, 0.3) is 0 Å². The fourth-order valence-corrected chi connectivity index (χ4v) is 7.05. The third-order valence-corrected chi connectivity index (χ3v) is 9.90. The zero-order valence-electron chi connectivity index (χ0n) is 30.1. The van der Waals surface area contributed by atoms with Crippen molar-refractivity contribution < 1.29 is 0 Å². The minimum Gasteiger partial charge on any atom is -0.309 e. The second-order valence-electron chi connectivity index (χ2n) is 14.3. The summed E-state index contributed by atoms with van der Waals surface area (Å²) in [4.78, 5) is 2.58. The van der Waals surface area contributed by atoms with E-state index in [2.05, 4.69) is 55.4 Å². The Morgan fingerprint density at radius 1 is 0.465 bits per heavy atom. The summed E-state index contributed by atoms with van der Waals surface area (Å²) in [6, 6.07) is 0. The molecule has 0 aliphatic carbocycles. The molecule has 1 fully saturated rings. The highest BCUT2D eigenvalue weighted by Crippen LogP contribution is 2.26. The monoisotopic (exact) mass is 601 g/mol. The summed E-state index contributed by atoms with van der Waals surface area (Å²) in [6.07, 6.45) is 51.7. The van der Waals surface area contributed by atoms with Gasteiger partial charge in [0.25, 0.3) is 0 Å². The van der Waals surface area contributed by atoms with Crippen molar-refractivity contribution in [2.75, 3.05) is 26.7 Å². The molecule has 1 N–H and O–H groups in total. The van der Waals surface area contributed by atoms with Gasteiger partial charge in [0, 0.05) is 25.2 Å². The Labute approximate surface area is 272 Å². The Kier molecular flexibility index (Phi) is 29.5. The zero-order valence-corrected chi connectivity index (χ0v) is 30.1. The highest BCUT2D eigenvalue weighted by molar-refractivity contribution is 4.94. The van der Waals surface area contributed by atoms with Gasteiger partial charge in [0.1, 0.15) is 0 Å². The van der Waals surface area contributed by atoms with Crippen LogP contribution >= 0.6 is 0 Å². The third kappa shape index (κ3) is 26.3. The van der Waals surface area contributed by atoms with Crippen molar-refractivity contribution in [3.05, 3.63) is 24.3 Å². The molecule has 0 bridgehead atoms. The lowest BCUT2D eigenvalue weighted by Crippen LogP contribution is -2.59. The molecule has 0 atom stereocenters. The Hall–Kier alpha value is -0.600. The van der Waals surface area contributed by atoms with E-state index in [4.69, 9.17) is 0 Å². The van der Waals surface area contributed by atoms with Crippen LogP contribution in [-0.2, 0) is 0 Å². The highest BCUT2D eigenvalue weighted by Gasteiger charge is 2.32. The normalized spacial score (nSPS) is 15.8. The number of nitrogens with one attached hydrogen (secondary N) is 1. The van der Waals surface area contributed by atoms with E-state index < -0.39 is 0 Å². The molecule has 254 valence electrons. The van der Waals surface area contributed by atoms with E-state index in [9.17, 15) is 0 Å². The Bertz CT molecular complexity index is 567. The maximum atomic E-state index is 4.01. The number of rotatable bonds is 32. The molecule has 1 aliphatic heterocycles. The summed E-state index contributed by atoms with van der Waals surface area (Å²) in [5.41, 5.74) is 0.384. The lowest BCUT2D eigenvalue weighted by atomic mass is 9.84. The van der Waals surface area contributed by atoms with Gasteiger partial charge >= 0.3 is 0 Å². The predicted octanol–water partition coefficient (Wildman–Crippen LogP) is 13.1. The summed E-state index contributed by atoms with van der Waals surface area (Å²) in [6.45, 7) is 8.24. The summed E-state index contributed by atoms with van der Waals surface area (Å²) in [5.74, 6) is 0. The average Bonchev–Trinajstić information content (AvgIpc) is 3.00. The van der Waals surface area contributed by atoms with E-state index in [0.29, 0.717) is 5.54 Å². The topological polar surface area (TPSA) is 15.3 Å². The van der Waals surface area contributed by atoms with Gasteiger partial charge in [-0.2, -0.15) is 0 Å². The van der Waals surface area contributed by atoms with Crippen molar-refractivity contribution in [1.29, 1.82) is 0 Å². The van der Waals surface area contributed by atoms with Gasteiger partial charge in [-0.05, 0) is 71.3 Å². The standard InChI is InChI=1S/C41H80N2/c1-4-6-8-10-12-14-16-18-20-22-24-26-28-30-32-34-36-41(40-43(3)39-38-42-41)37-35-33-31-29-27-25-23-21-19-17-15-13-11-9-7-5-2/h18-21,42H,4-17,22-40H2,1-3H3/b20-18-,21-19-. The first-order valence-corrected chi connectivity index (χ1v) is 20.0. The molecule has 0 aromatic carbocycles. The molecule has 0 spiro atoms. The molecule has 0 unspecified atom stereocenters. The lowest BCUT2D eigenvalue weighted by Gasteiger charge is -2.43. The van der Waals surface area contributed by atoms with Gasteiger partial charge in [-0.1, -0.05) is 167 Å². The Morgan fingerprint density at radius 2 is 0.791 bits per heavy atom. The average molecular weight is 601 g/mol. The van der Waals surface area contributed by atoms with Crippen LogP contribution in [0.2, 0.25) is 0 Å². The van der Waals surface area contributed by atoms with E-state index >= 15 is 0 Å². The Morgan fingerprint density at radius 3 is 1.14 bits per heavy atom. The van der Waals surface area contributed by atoms with Crippen LogP contribution in [0.1, 0.15) is 206 Å². The number of allylic oxidation sites excluding steroid dienone is 4. The van der Waals surface area contributed by atoms with Crippen LogP contribution in [0.5, 0.6) is 0 Å². The van der Waals surface area contributed by atoms with E-state index in [1.807, 2.05) is 0 Å². The van der Waals surface area contributed by atoms with Crippen molar-refractivity contribution in [2.24, 2.45) is 0 Å². The highest BCUT2D eigenvalue weighted by atomic mass is 15.2. The first-order chi connectivity index (χ1) is 21.2. The maximum Gasteiger partial charge on any atom is 0.0309 e. The number of unbranched alkanes of at least 4 members (excludes halogenated alkanes) is 24. The first kappa shape index (κ1) is 40.4. The predicted molar refractivity (Wildman–Crippen MR) is 196 cm³/mol. The molecule has 0 aromatic rings. The van der Waals surface area contributed by atoms with Crippen LogP contribution in [0.4, 0.5) is 0 Å².